The summed E-state index contributed by atoms with van der Waals surface area (Å²) in [5, 5.41) is 10.5. The second-order valence-corrected chi connectivity index (χ2v) is 6.34. The highest BCUT2D eigenvalue weighted by Crippen LogP contribution is 2.25. The topological polar surface area (TPSA) is 110 Å². The normalized spacial score (nSPS) is 14.7. The number of anilines is 1. The van der Waals surface area contributed by atoms with Gasteiger partial charge in [-0.1, -0.05) is 0 Å². The van der Waals surface area contributed by atoms with Crippen molar-refractivity contribution in [3.8, 4) is 0 Å². The highest BCUT2D eigenvalue weighted by molar-refractivity contribution is 5.99. The van der Waals surface area contributed by atoms with Gasteiger partial charge in [0, 0.05) is 56.1 Å². The first-order chi connectivity index (χ1) is 12.3. The summed E-state index contributed by atoms with van der Waals surface area (Å²) in [4.78, 5) is 36.1. The van der Waals surface area contributed by atoms with Crippen molar-refractivity contribution in [1.29, 1.82) is 0 Å². The maximum absolute atomic E-state index is 11.4. The van der Waals surface area contributed by atoms with E-state index in [4.69, 9.17) is 5.73 Å². The van der Waals surface area contributed by atoms with Crippen molar-refractivity contribution in [3.05, 3.63) is 68.8 Å². The number of nitrogens with two attached hydrogens (primary N) is 1. The number of nitrogen functional groups attached to an aromatic ring is 1. The Hall–Kier alpha value is -3.42. The highest BCUT2D eigenvalue weighted by Gasteiger charge is 2.26. The molecule has 2 aromatic rings. The van der Waals surface area contributed by atoms with E-state index in [-0.39, 0.29) is 17.5 Å². The average molecular weight is 354 g/mol. The van der Waals surface area contributed by atoms with Crippen LogP contribution >= 0.6 is 0 Å². The molecule has 2 amide bonds. The van der Waals surface area contributed by atoms with E-state index in [1.54, 1.807) is 31.1 Å². The molecule has 2 heterocycles. The minimum Gasteiger partial charge on any atom is -0.399 e. The molecule has 2 N–H and O–H groups in total. The number of carbonyl (C=O) groups excluding carboxylic acids is 2. The van der Waals surface area contributed by atoms with Crippen molar-refractivity contribution >= 4 is 23.2 Å². The van der Waals surface area contributed by atoms with Crippen LogP contribution in [0, 0.1) is 10.1 Å². The third-order valence-corrected chi connectivity index (χ3v) is 4.40. The molecule has 0 spiro atoms. The van der Waals surface area contributed by atoms with Crippen LogP contribution in [-0.4, -0.2) is 40.6 Å². The number of nitrogens with zero attached hydrogens (tertiary/aromatic N) is 3. The number of nitro benzene ring substituents is 1. The summed E-state index contributed by atoms with van der Waals surface area (Å²) < 4.78 is 0. The van der Waals surface area contributed by atoms with Gasteiger partial charge in [0.15, 0.2) is 0 Å². The third kappa shape index (κ3) is 3.08. The van der Waals surface area contributed by atoms with Crippen molar-refractivity contribution in [1.82, 2.24) is 9.80 Å². The number of fused-ring (bicyclic) bond motifs is 2. The van der Waals surface area contributed by atoms with Gasteiger partial charge in [0.05, 0.1) is 4.92 Å². The van der Waals surface area contributed by atoms with Crippen molar-refractivity contribution in [2.24, 2.45) is 0 Å². The number of benzene rings is 2. The summed E-state index contributed by atoms with van der Waals surface area (Å²) in [6.45, 7) is 1.13. The van der Waals surface area contributed by atoms with Gasteiger partial charge < -0.3 is 15.5 Å². The smallest absolute Gasteiger partial charge is 0.269 e. The molecule has 8 heteroatoms. The number of nitro groups is 1. The van der Waals surface area contributed by atoms with Gasteiger partial charge in [0.2, 0.25) is 0 Å². The monoisotopic (exact) mass is 354 g/mol. The molecule has 0 aromatic heterocycles. The summed E-state index contributed by atoms with van der Waals surface area (Å²) in [6.07, 6.45) is 0. The predicted octanol–water partition coefficient (Wildman–Crippen LogP) is 2.03. The van der Waals surface area contributed by atoms with E-state index in [1.165, 1.54) is 23.1 Å². The Morgan fingerprint density at radius 1 is 0.923 bits per heavy atom. The molecule has 0 fully saturated rings. The Morgan fingerprint density at radius 2 is 1.42 bits per heavy atom. The lowest BCUT2D eigenvalue weighted by Crippen LogP contribution is -2.17. The second kappa shape index (κ2) is 6.47. The van der Waals surface area contributed by atoms with Gasteiger partial charge in [-0.05, 0) is 35.4 Å². The summed E-state index contributed by atoms with van der Waals surface area (Å²) in [5.74, 6) is 0.0138. The number of amides is 2. The SMILES string of the molecule is CN1Cc2cc(N)ccc2C1=O.CN1Cc2cc([N+](=O)[O-])ccc2C1=O. The van der Waals surface area contributed by atoms with Crippen LogP contribution in [-0.2, 0) is 13.1 Å². The zero-order chi connectivity index (χ0) is 19.0. The molecule has 8 nitrogen and oxygen atoms in total. The molecule has 134 valence electrons. The molecule has 0 radical (unpaired) electrons. The summed E-state index contributed by atoms with van der Waals surface area (Å²) >= 11 is 0. The fraction of sp³-hybridized carbons (Fsp3) is 0.222. The molecule has 2 aliphatic rings. The van der Waals surface area contributed by atoms with Gasteiger partial charge in [-0.2, -0.15) is 0 Å². The van der Waals surface area contributed by atoms with Crippen molar-refractivity contribution in [2.75, 3.05) is 19.8 Å². The van der Waals surface area contributed by atoms with Gasteiger partial charge in [0.1, 0.15) is 0 Å². The number of rotatable bonds is 1. The standard InChI is InChI=1S/C9H8N2O3.C9H10N2O/c1-10-5-6-4-7(11(13)14)2-3-8(6)9(10)12;1-11-5-6-4-7(10)2-3-8(6)9(11)12/h2-4H,5H2,1H3;2-4H,5,10H2,1H3. The van der Waals surface area contributed by atoms with Gasteiger partial charge in [-0.3, -0.25) is 19.7 Å². The van der Waals surface area contributed by atoms with Crippen LogP contribution in [0.4, 0.5) is 11.4 Å². The van der Waals surface area contributed by atoms with Gasteiger partial charge >= 0.3 is 0 Å². The van der Waals surface area contributed by atoms with E-state index in [1.807, 2.05) is 6.07 Å². The molecular weight excluding hydrogens is 336 g/mol. The fourth-order valence-corrected chi connectivity index (χ4v) is 3.05. The van der Waals surface area contributed by atoms with Crippen LogP contribution in [0.2, 0.25) is 0 Å². The largest absolute Gasteiger partial charge is 0.399 e. The maximum Gasteiger partial charge on any atom is 0.269 e. The first-order valence-corrected chi connectivity index (χ1v) is 7.94. The summed E-state index contributed by atoms with van der Waals surface area (Å²) in [5.41, 5.74) is 9.46. The Bertz CT molecular complexity index is 925. The average Bonchev–Trinajstić information content (AvgIpc) is 3.04. The number of hydrogen-bond acceptors (Lipinski definition) is 5. The summed E-state index contributed by atoms with van der Waals surface area (Å²) in [6, 6.07) is 9.73. The van der Waals surface area contributed by atoms with Crippen LogP contribution in [0.3, 0.4) is 0 Å². The number of carbonyl (C=O) groups is 2. The maximum atomic E-state index is 11.4. The van der Waals surface area contributed by atoms with E-state index < -0.39 is 4.92 Å². The Labute approximate surface area is 150 Å². The highest BCUT2D eigenvalue weighted by atomic mass is 16.6. The van der Waals surface area contributed by atoms with Crippen LogP contribution in [0.15, 0.2) is 36.4 Å². The van der Waals surface area contributed by atoms with E-state index >= 15 is 0 Å². The third-order valence-electron chi connectivity index (χ3n) is 4.40. The first-order valence-electron chi connectivity index (χ1n) is 7.94. The lowest BCUT2D eigenvalue weighted by atomic mass is 10.1. The predicted molar refractivity (Wildman–Crippen MR) is 95.5 cm³/mol. The van der Waals surface area contributed by atoms with Crippen LogP contribution in [0.5, 0.6) is 0 Å². The van der Waals surface area contributed by atoms with E-state index in [0.29, 0.717) is 18.7 Å². The van der Waals surface area contributed by atoms with Gasteiger partial charge in [-0.15, -0.1) is 0 Å². The molecule has 26 heavy (non-hydrogen) atoms. The summed E-state index contributed by atoms with van der Waals surface area (Å²) in [7, 11) is 3.46. The van der Waals surface area contributed by atoms with Crippen LogP contribution in [0.1, 0.15) is 31.8 Å². The van der Waals surface area contributed by atoms with Crippen molar-refractivity contribution < 1.29 is 14.5 Å². The van der Waals surface area contributed by atoms with Gasteiger partial charge in [0.25, 0.3) is 17.5 Å². The lowest BCUT2D eigenvalue weighted by molar-refractivity contribution is -0.384. The molecule has 0 atom stereocenters. The van der Waals surface area contributed by atoms with Crippen molar-refractivity contribution in [2.45, 2.75) is 13.1 Å². The van der Waals surface area contributed by atoms with E-state index in [9.17, 15) is 19.7 Å². The first kappa shape index (κ1) is 17.4. The molecule has 2 aliphatic heterocycles. The molecule has 2 aromatic carbocycles. The molecule has 4 rings (SSSR count). The van der Waals surface area contributed by atoms with Gasteiger partial charge in [-0.25, -0.2) is 0 Å². The molecule has 0 saturated carbocycles. The molecular formula is C18H18N4O4. The molecule has 0 saturated heterocycles. The van der Waals surface area contributed by atoms with Crippen molar-refractivity contribution in [3.63, 3.8) is 0 Å². The van der Waals surface area contributed by atoms with E-state index in [2.05, 4.69) is 0 Å². The number of hydrogen-bond donors (Lipinski definition) is 1. The Kier molecular flexibility index (Phi) is 4.33. The van der Waals surface area contributed by atoms with Crippen LogP contribution in [0.25, 0.3) is 0 Å². The number of non-ortho nitro benzene ring substituents is 1. The van der Waals surface area contributed by atoms with Crippen LogP contribution < -0.4 is 5.73 Å². The second-order valence-electron chi connectivity index (χ2n) is 6.34. The minimum atomic E-state index is -0.455. The van der Waals surface area contributed by atoms with E-state index in [0.717, 1.165) is 22.4 Å². The fourth-order valence-electron chi connectivity index (χ4n) is 3.05. The molecule has 0 aliphatic carbocycles. The molecule has 0 unspecified atom stereocenters. The molecule has 0 bridgehead atoms. The zero-order valence-corrected chi connectivity index (χ0v) is 14.4. The zero-order valence-electron chi connectivity index (χ0n) is 14.4. The Balaban J connectivity index is 0.000000152. The Morgan fingerprint density at radius 3 is 1.96 bits per heavy atom. The quantitative estimate of drug-likeness (QED) is 0.479. The minimum absolute atomic E-state index is 0.0341. The lowest BCUT2D eigenvalue weighted by Gasteiger charge is -2.04.